The van der Waals surface area contributed by atoms with Gasteiger partial charge in [0.25, 0.3) is 0 Å². The van der Waals surface area contributed by atoms with Crippen LogP contribution >= 0.6 is 12.4 Å². The van der Waals surface area contributed by atoms with E-state index in [2.05, 4.69) is 26.2 Å². The highest BCUT2D eigenvalue weighted by atomic mass is 35.5. The summed E-state index contributed by atoms with van der Waals surface area (Å²) in [5.41, 5.74) is 0. The van der Waals surface area contributed by atoms with Crippen molar-refractivity contribution in [3.63, 3.8) is 0 Å². The maximum atomic E-state index is 11.8. The summed E-state index contributed by atoms with van der Waals surface area (Å²) in [5, 5.41) is 12.1. The number of carbonyl (C=O) groups excluding carboxylic acids is 2. The molecule has 1 saturated carbocycles. The van der Waals surface area contributed by atoms with Gasteiger partial charge in [-0.1, -0.05) is 19.3 Å². The van der Waals surface area contributed by atoms with Gasteiger partial charge in [-0.05, 0) is 19.3 Å². The van der Waals surface area contributed by atoms with Crippen molar-refractivity contribution in [2.45, 2.75) is 51.0 Å². The van der Waals surface area contributed by atoms with E-state index in [1.165, 1.54) is 19.3 Å². The maximum Gasteiger partial charge on any atom is 0.315 e. The monoisotopic (exact) mass is 375 g/mol. The molecule has 0 aromatic rings. The predicted octanol–water partition coefficient (Wildman–Crippen LogP) is 0.842. The van der Waals surface area contributed by atoms with Crippen molar-refractivity contribution in [2.24, 2.45) is 0 Å². The topological polar surface area (TPSA) is 85.5 Å². The van der Waals surface area contributed by atoms with E-state index >= 15 is 0 Å². The zero-order valence-corrected chi connectivity index (χ0v) is 16.0. The number of hydrogen-bond acceptors (Lipinski definition) is 4. The molecule has 0 spiro atoms. The molecule has 7 nitrogen and oxygen atoms in total. The fraction of sp³-hybridized carbons (Fsp3) is 0.882. The van der Waals surface area contributed by atoms with Crippen LogP contribution in [0.3, 0.4) is 0 Å². The molecule has 0 atom stereocenters. The Morgan fingerprint density at radius 2 is 1.72 bits per heavy atom. The highest BCUT2D eigenvalue weighted by Crippen LogP contribution is 2.17. The summed E-state index contributed by atoms with van der Waals surface area (Å²) < 4.78 is 0. The molecule has 0 aromatic carbocycles. The van der Waals surface area contributed by atoms with Gasteiger partial charge in [0.05, 0.1) is 0 Å². The third-order valence-electron chi connectivity index (χ3n) is 4.77. The number of carbonyl (C=O) groups is 2. The average Bonchev–Trinajstić information content (AvgIpc) is 2.60. The summed E-state index contributed by atoms with van der Waals surface area (Å²) in [5.74, 6) is 0.0691. The van der Waals surface area contributed by atoms with Crippen LogP contribution in [0.25, 0.3) is 0 Å². The fourth-order valence-electron chi connectivity index (χ4n) is 3.31. The first-order valence-corrected chi connectivity index (χ1v) is 9.48. The van der Waals surface area contributed by atoms with Gasteiger partial charge < -0.3 is 21.3 Å². The number of nitrogens with one attached hydrogen (secondary N) is 4. The zero-order chi connectivity index (χ0) is 17.0. The third-order valence-corrected chi connectivity index (χ3v) is 4.77. The summed E-state index contributed by atoms with van der Waals surface area (Å²) in [7, 11) is 0. The molecule has 25 heavy (non-hydrogen) atoms. The Labute approximate surface area is 157 Å². The number of piperazine rings is 1. The number of nitrogens with zero attached hydrogens (tertiary/aromatic N) is 1. The molecule has 0 bridgehead atoms. The van der Waals surface area contributed by atoms with Gasteiger partial charge in [-0.25, -0.2) is 4.79 Å². The van der Waals surface area contributed by atoms with Gasteiger partial charge >= 0.3 is 6.03 Å². The smallest absolute Gasteiger partial charge is 0.315 e. The number of rotatable bonds is 8. The summed E-state index contributed by atoms with van der Waals surface area (Å²) in [6, 6.07) is 0.230. The molecule has 3 amide bonds. The Balaban J connectivity index is 0.00000312. The first kappa shape index (κ1) is 22.0. The van der Waals surface area contributed by atoms with Gasteiger partial charge in [-0.2, -0.15) is 0 Å². The molecular formula is C17H34ClN5O2. The molecule has 2 aliphatic rings. The number of urea groups is 1. The minimum Gasteiger partial charge on any atom is -0.355 e. The highest BCUT2D eigenvalue weighted by Gasteiger charge is 2.15. The molecule has 0 radical (unpaired) electrons. The first-order valence-electron chi connectivity index (χ1n) is 9.48. The maximum absolute atomic E-state index is 11.8. The van der Waals surface area contributed by atoms with Gasteiger partial charge in [-0.15, -0.1) is 12.4 Å². The molecule has 0 unspecified atom stereocenters. The molecule has 1 saturated heterocycles. The zero-order valence-electron chi connectivity index (χ0n) is 15.1. The molecule has 1 aliphatic heterocycles. The molecule has 8 heteroatoms. The second-order valence-corrected chi connectivity index (χ2v) is 6.78. The quantitative estimate of drug-likeness (QED) is 0.474. The van der Waals surface area contributed by atoms with Gasteiger partial charge in [0.15, 0.2) is 0 Å². The molecule has 2 fully saturated rings. The fourth-order valence-corrected chi connectivity index (χ4v) is 3.31. The van der Waals surface area contributed by atoms with E-state index in [0.29, 0.717) is 32.0 Å². The average molecular weight is 376 g/mol. The second-order valence-electron chi connectivity index (χ2n) is 6.78. The molecule has 1 aliphatic carbocycles. The minimum absolute atomic E-state index is 0. The van der Waals surface area contributed by atoms with E-state index in [0.717, 1.165) is 45.6 Å². The molecule has 4 N–H and O–H groups in total. The van der Waals surface area contributed by atoms with Crippen LogP contribution in [0, 0.1) is 0 Å². The number of halogens is 1. The van der Waals surface area contributed by atoms with Crippen molar-refractivity contribution >= 4 is 24.3 Å². The Kier molecular flexibility index (Phi) is 11.6. The van der Waals surface area contributed by atoms with Crippen molar-refractivity contribution in [3.05, 3.63) is 0 Å². The van der Waals surface area contributed by atoms with Crippen molar-refractivity contribution in [1.29, 1.82) is 0 Å². The number of hydrogen-bond donors (Lipinski definition) is 4. The standard InChI is InChI=1S/C17H33N5O2.ClH/c23-16(19-11-14-22-12-9-18-10-13-22)7-4-8-20-17(24)21-15-5-2-1-3-6-15;/h15,18H,1-14H2,(H,19,23)(H2,20,21,24);1H. The van der Waals surface area contributed by atoms with E-state index in [9.17, 15) is 9.59 Å². The Morgan fingerprint density at radius 3 is 2.44 bits per heavy atom. The van der Waals surface area contributed by atoms with E-state index in [4.69, 9.17) is 0 Å². The van der Waals surface area contributed by atoms with Crippen LogP contribution in [-0.4, -0.2) is 68.7 Å². The van der Waals surface area contributed by atoms with Gasteiger partial charge in [0.2, 0.25) is 5.91 Å². The van der Waals surface area contributed by atoms with Crippen LogP contribution in [0.15, 0.2) is 0 Å². The second kappa shape index (κ2) is 13.2. The molecule has 1 heterocycles. The van der Waals surface area contributed by atoms with E-state index in [-0.39, 0.29) is 24.3 Å². The SMILES string of the molecule is Cl.O=C(CCCNC(=O)NC1CCCCC1)NCCN1CCNCC1. The lowest BCUT2D eigenvalue weighted by Gasteiger charge is -2.27. The third kappa shape index (κ3) is 9.87. The summed E-state index contributed by atoms with van der Waals surface area (Å²) in [6.07, 6.45) is 7.01. The summed E-state index contributed by atoms with van der Waals surface area (Å²) in [6.45, 7) is 6.32. The van der Waals surface area contributed by atoms with Crippen LogP contribution in [0.1, 0.15) is 44.9 Å². The van der Waals surface area contributed by atoms with Gasteiger partial charge in [0, 0.05) is 58.3 Å². The van der Waals surface area contributed by atoms with E-state index in [1.54, 1.807) is 0 Å². The molecular weight excluding hydrogens is 342 g/mol. The lowest BCUT2D eigenvalue weighted by Crippen LogP contribution is -2.46. The summed E-state index contributed by atoms with van der Waals surface area (Å²) in [4.78, 5) is 25.9. The Bertz CT molecular complexity index is 385. The van der Waals surface area contributed by atoms with E-state index in [1.807, 2.05) is 0 Å². The van der Waals surface area contributed by atoms with Crippen molar-refractivity contribution in [1.82, 2.24) is 26.2 Å². The van der Waals surface area contributed by atoms with E-state index < -0.39 is 0 Å². The van der Waals surface area contributed by atoms with Crippen molar-refractivity contribution < 1.29 is 9.59 Å². The van der Waals surface area contributed by atoms with Gasteiger partial charge in [-0.3, -0.25) is 9.69 Å². The lowest BCUT2D eigenvalue weighted by atomic mass is 9.96. The van der Waals surface area contributed by atoms with Crippen molar-refractivity contribution in [3.8, 4) is 0 Å². The number of amides is 3. The van der Waals surface area contributed by atoms with Crippen LogP contribution in [0.2, 0.25) is 0 Å². The van der Waals surface area contributed by atoms with Crippen LogP contribution in [-0.2, 0) is 4.79 Å². The largest absolute Gasteiger partial charge is 0.355 e. The predicted molar refractivity (Wildman–Crippen MR) is 102 cm³/mol. The summed E-state index contributed by atoms with van der Waals surface area (Å²) >= 11 is 0. The van der Waals surface area contributed by atoms with Crippen LogP contribution in [0.4, 0.5) is 4.79 Å². The normalized spacial score (nSPS) is 18.9. The highest BCUT2D eigenvalue weighted by molar-refractivity contribution is 5.85. The Hall–Kier alpha value is -1.05. The molecule has 0 aromatic heterocycles. The lowest BCUT2D eigenvalue weighted by molar-refractivity contribution is -0.121. The van der Waals surface area contributed by atoms with Crippen LogP contribution in [0.5, 0.6) is 0 Å². The van der Waals surface area contributed by atoms with Crippen LogP contribution < -0.4 is 21.3 Å². The minimum atomic E-state index is -0.0963. The van der Waals surface area contributed by atoms with Crippen molar-refractivity contribution in [2.75, 3.05) is 45.8 Å². The Morgan fingerprint density at radius 1 is 1.00 bits per heavy atom. The van der Waals surface area contributed by atoms with Gasteiger partial charge in [0.1, 0.15) is 0 Å². The molecule has 2 rings (SSSR count). The molecule has 146 valence electrons. The first-order chi connectivity index (χ1) is 11.7.